The first-order chi connectivity index (χ1) is 7.48. The lowest BCUT2D eigenvalue weighted by atomic mass is 9.95. The van der Waals surface area contributed by atoms with Gasteiger partial charge in [0.2, 0.25) is 0 Å². The molecule has 5 heteroatoms. The standard InChI is InChI=1S/C11H16N4O/c1-11(2,3)10-14-6-7-8(15-10)12-4-5-13-9(7)16/h6H,4-5H2,1-3H3,(H,13,16)(H,12,14,15). The highest BCUT2D eigenvalue weighted by atomic mass is 16.1. The molecule has 5 nitrogen and oxygen atoms in total. The quantitative estimate of drug-likeness (QED) is 0.682. The van der Waals surface area contributed by atoms with E-state index in [1.807, 2.05) is 20.8 Å². The molecular weight excluding hydrogens is 204 g/mol. The number of amides is 1. The molecule has 0 radical (unpaired) electrons. The third-order valence-corrected chi connectivity index (χ3v) is 2.41. The van der Waals surface area contributed by atoms with Gasteiger partial charge in [0.25, 0.3) is 5.91 Å². The van der Waals surface area contributed by atoms with Crippen molar-refractivity contribution in [2.75, 3.05) is 18.4 Å². The first-order valence-electron chi connectivity index (χ1n) is 5.38. The molecule has 1 aliphatic heterocycles. The third kappa shape index (κ3) is 1.98. The summed E-state index contributed by atoms with van der Waals surface area (Å²) in [6.07, 6.45) is 1.59. The molecule has 1 aliphatic rings. The van der Waals surface area contributed by atoms with Crippen molar-refractivity contribution >= 4 is 11.7 Å². The van der Waals surface area contributed by atoms with Crippen LogP contribution in [-0.4, -0.2) is 29.0 Å². The van der Waals surface area contributed by atoms with Gasteiger partial charge in [0, 0.05) is 24.7 Å². The van der Waals surface area contributed by atoms with E-state index in [-0.39, 0.29) is 11.3 Å². The van der Waals surface area contributed by atoms with Crippen LogP contribution >= 0.6 is 0 Å². The monoisotopic (exact) mass is 220 g/mol. The second-order valence-electron chi connectivity index (χ2n) is 4.89. The Balaban J connectivity index is 2.45. The number of hydrogen-bond donors (Lipinski definition) is 2. The van der Waals surface area contributed by atoms with Crippen LogP contribution in [0.4, 0.5) is 5.82 Å². The maximum absolute atomic E-state index is 11.6. The van der Waals surface area contributed by atoms with E-state index in [4.69, 9.17) is 0 Å². The molecule has 1 aromatic rings. The van der Waals surface area contributed by atoms with Gasteiger partial charge in [0.05, 0.1) is 0 Å². The zero-order valence-electron chi connectivity index (χ0n) is 9.79. The molecule has 2 heterocycles. The number of rotatable bonds is 0. The van der Waals surface area contributed by atoms with Gasteiger partial charge in [-0.15, -0.1) is 0 Å². The van der Waals surface area contributed by atoms with Crippen LogP contribution < -0.4 is 10.6 Å². The first kappa shape index (κ1) is 10.9. The summed E-state index contributed by atoms with van der Waals surface area (Å²) in [6, 6.07) is 0. The van der Waals surface area contributed by atoms with Gasteiger partial charge in [-0.1, -0.05) is 20.8 Å². The summed E-state index contributed by atoms with van der Waals surface area (Å²) in [7, 11) is 0. The van der Waals surface area contributed by atoms with Crippen molar-refractivity contribution in [3.8, 4) is 0 Å². The van der Waals surface area contributed by atoms with Gasteiger partial charge in [0.15, 0.2) is 0 Å². The number of hydrogen-bond acceptors (Lipinski definition) is 4. The fourth-order valence-electron chi connectivity index (χ4n) is 1.50. The van der Waals surface area contributed by atoms with Crippen LogP contribution in [-0.2, 0) is 5.41 Å². The third-order valence-electron chi connectivity index (χ3n) is 2.41. The summed E-state index contributed by atoms with van der Waals surface area (Å²) in [5.74, 6) is 1.27. The molecule has 2 N–H and O–H groups in total. The second kappa shape index (κ2) is 3.73. The lowest BCUT2D eigenvalue weighted by Gasteiger charge is -2.17. The largest absolute Gasteiger partial charge is 0.368 e. The van der Waals surface area contributed by atoms with E-state index in [1.165, 1.54) is 0 Å². The van der Waals surface area contributed by atoms with Crippen molar-refractivity contribution < 1.29 is 4.79 Å². The van der Waals surface area contributed by atoms with E-state index in [0.717, 1.165) is 5.82 Å². The average Bonchev–Trinajstić information content (AvgIpc) is 2.39. The minimum atomic E-state index is -0.112. The maximum atomic E-state index is 11.6. The fraction of sp³-hybridized carbons (Fsp3) is 0.545. The number of anilines is 1. The molecule has 86 valence electrons. The Morgan fingerprint density at radius 3 is 2.62 bits per heavy atom. The van der Waals surface area contributed by atoms with E-state index >= 15 is 0 Å². The molecule has 0 aliphatic carbocycles. The van der Waals surface area contributed by atoms with E-state index in [9.17, 15) is 4.79 Å². The van der Waals surface area contributed by atoms with Crippen LogP contribution in [0.5, 0.6) is 0 Å². The summed E-state index contributed by atoms with van der Waals surface area (Å²) in [5, 5.41) is 5.91. The number of nitrogens with zero attached hydrogens (tertiary/aromatic N) is 2. The number of carbonyl (C=O) groups excluding carboxylic acids is 1. The molecule has 0 saturated heterocycles. The van der Waals surface area contributed by atoms with Gasteiger partial charge in [-0.2, -0.15) is 0 Å². The molecule has 0 spiro atoms. The Hall–Kier alpha value is -1.65. The maximum Gasteiger partial charge on any atom is 0.256 e. The number of fused-ring (bicyclic) bond motifs is 1. The Morgan fingerprint density at radius 2 is 1.94 bits per heavy atom. The molecule has 1 aromatic heterocycles. The summed E-state index contributed by atoms with van der Waals surface area (Å²) < 4.78 is 0. The van der Waals surface area contributed by atoms with Gasteiger partial charge < -0.3 is 10.6 Å². The molecule has 0 fully saturated rings. The van der Waals surface area contributed by atoms with Crippen LogP contribution in [0.2, 0.25) is 0 Å². The molecule has 1 amide bonds. The van der Waals surface area contributed by atoms with Crippen molar-refractivity contribution in [3.63, 3.8) is 0 Å². The van der Waals surface area contributed by atoms with Crippen molar-refractivity contribution in [2.24, 2.45) is 0 Å². The minimum absolute atomic E-state index is 0.111. The molecule has 0 saturated carbocycles. The Bertz CT molecular complexity index is 422. The molecular formula is C11H16N4O. The highest BCUT2D eigenvalue weighted by Gasteiger charge is 2.22. The zero-order chi connectivity index (χ0) is 11.8. The minimum Gasteiger partial charge on any atom is -0.368 e. The van der Waals surface area contributed by atoms with Crippen molar-refractivity contribution in [3.05, 3.63) is 17.6 Å². The Morgan fingerprint density at radius 1 is 1.25 bits per heavy atom. The van der Waals surface area contributed by atoms with E-state index < -0.39 is 0 Å². The van der Waals surface area contributed by atoms with E-state index in [2.05, 4.69) is 20.6 Å². The Labute approximate surface area is 94.7 Å². The first-order valence-corrected chi connectivity index (χ1v) is 5.38. The smallest absolute Gasteiger partial charge is 0.256 e. The SMILES string of the molecule is CC(C)(C)c1ncc2c(n1)NCCNC2=O. The lowest BCUT2D eigenvalue weighted by molar-refractivity contribution is 0.0957. The van der Waals surface area contributed by atoms with Crippen LogP contribution in [0.25, 0.3) is 0 Å². The highest BCUT2D eigenvalue weighted by Crippen LogP contribution is 2.21. The zero-order valence-corrected chi connectivity index (χ0v) is 9.79. The van der Waals surface area contributed by atoms with Crippen LogP contribution in [0.15, 0.2) is 6.20 Å². The number of carbonyl (C=O) groups is 1. The van der Waals surface area contributed by atoms with E-state index in [1.54, 1.807) is 6.20 Å². The molecule has 0 aromatic carbocycles. The molecule has 2 rings (SSSR count). The summed E-state index contributed by atoms with van der Waals surface area (Å²) >= 11 is 0. The van der Waals surface area contributed by atoms with Crippen molar-refractivity contribution in [1.29, 1.82) is 0 Å². The van der Waals surface area contributed by atoms with Crippen LogP contribution in [0.3, 0.4) is 0 Å². The summed E-state index contributed by atoms with van der Waals surface area (Å²) in [6.45, 7) is 7.45. The summed E-state index contributed by atoms with van der Waals surface area (Å²) in [5.41, 5.74) is 0.407. The Kier molecular flexibility index (Phi) is 2.53. The topological polar surface area (TPSA) is 66.9 Å². The molecule has 0 atom stereocenters. The number of nitrogens with one attached hydrogen (secondary N) is 2. The second-order valence-corrected chi connectivity index (χ2v) is 4.89. The van der Waals surface area contributed by atoms with Gasteiger partial charge in [-0.05, 0) is 0 Å². The van der Waals surface area contributed by atoms with Crippen molar-refractivity contribution in [2.45, 2.75) is 26.2 Å². The van der Waals surface area contributed by atoms with Crippen LogP contribution in [0.1, 0.15) is 37.0 Å². The molecule has 0 bridgehead atoms. The van der Waals surface area contributed by atoms with Gasteiger partial charge in [-0.3, -0.25) is 4.79 Å². The van der Waals surface area contributed by atoms with Gasteiger partial charge >= 0.3 is 0 Å². The predicted molar refractivity (Wildman–Crippen MR) is 61.6 cm³/mol. The van der Waals surface area contributed by atoms with E-state index in [0.29, 0.717) is 24.5 Å². The normalized spacial score (nSPS) is 15.8. The molecule has 0 unspecified atom stereocenters. The van der Waals surface area contributed by atoms with Gasteiger partial charge in [0.1, 0.15) is 17.2 Å². The van der Waals surface area contributed by atoms with Crippen molar-refractivity contribution in [1.82, 2.24) is 15.3 Å². The predicted octanol–water partition coefficient (Wildman–Crippen LogP) is 0.929. The van der Waals surface area contributed by atoms with Crippen LogP contribution in [0, 0.1) is 0 Å². The fourth-order valence-corrected chi connectivity index (χ4v) is 1.50. The number of aromatic nitrogens is 2. The lowest BCUT2D eigenvalue weighted by Crippen LogP contribution is -2.24. The average molecular weight is 220 g/mol. The summed E-state index contributed by atoms with van der Waals surface area (Å²) in [4.78, 5) is 20.3. The molecule has 16 heavy (non-hydrogen) atoms. The highest BCUT2D eigenvalue weighted by molar-refractivity contribution is 5.98. The van der Waals surface area contributed by atoms with Gasteiger partial charge in [-0.25, -0.2) is 9.97 Å².